The fourth-order valence-electron chi connectivity index (χ4n) is 1.61. The number of hydrogen-bond acceptors (Lipinski definition) is 5. The summed E-state index contributed by atoms with van der Waals surface area (Å²) in [6.07, 6.45) is 4.90. The van der Waals surface area contributed by atoms with Gasteiger partial charge in [-0.25, -0.2) is 14.5 Å². The van der Waals surface area contributed by atoms with E-state index in [0.29, 0.717) is 11.6 Å². The van der Waals surface area contributed by atoms with E-state index in [2.05, 4.69) is 25.4 Å². The fourth-order valence-corrected chi connectivity index (χ4v) is 1.61. The first-order valence-corrected chi connectivity index (χ1v) is 5.64. The molecule has 0 fully saturated rings. The van der Waals surface area contributed by atoms with E-state index in [9.17, 15) is 4.79 Å². The number of anilines is 1. The van der Waals surface area contributed by atoms with Gasteiger partial charge in [-0.2, -0.15) is 4.98 Å². The van der Waals surface area contributed by atoms with Crippen molar-refractivity contribution < 1.29 is 4.79 Å². The van der Waals surface area contributed by atoms with E-state index in [0.717, 1.165) is 5.56 Å². The maximum Gasteiger partial charge on any atom is 0.296 e. The van der Waals surface area contributed by atoms with Gasteiger partial charge in [0, 0.05) is 18.6 Å². The summed E-state index contributed by atoms with van der Waals surface area (Å²) in [5.41, 5.74) is 1.01. The molecule has 0 bridgehead atoms. The first-order chi connectivity index (χ1) is 9.22. The molecule has 0 spiro atoms. The summed E-state index contributed by atoms with van der Waals surface area (Å²) in [6, 6.07) is 5.33. The minimum absolute atomic E-state index is 0.0574. The van der Waals surface area contributed by atoms with Crippen LogP contribution in [0.2, 0.25) is 0 Å². The lowest BCUT2D eigenvalue weighted by atomic mass is 10.3. The van der Waals surface area contributed by atoms with Crippen molar-refractivity contribution in [1.82, 2.24) is 24.6 Å². The van der Waals surface area contributed by atoms with Crippen LogP contribution in [0.15, 0.2) is 36.8 Å². The lowest BCUT2D eigenvalue weighted by Gasteiger charge is -2.01. The van der Waals surface area contributed by atoms with Crippen LogP contribution < -0.4 is 5.32 Å². The summed E-state index contributed by atoms with van der Waals surface area (Å²) in [5, 5.41) is 6.68. The number of aromatic nitrogens is 5. The van der Waals surface area contributed by atoms with Crippen molar-refractivity contribution in [2.24, 2.45) is 0 Å². The summed E-state index contributed by atoms with van der Waals surface area (Å²) in [7, 11) is 0. The molecule has 0 aliphatic rings. The highest BCUT2D eigenvalue weighted by atomic mass is 16.2. The highest BCUT2D eigenvalue weighted by Crippen LogP contribution is 2.07. The number of aryl methyl sites for hydroxylation is 1. The number of fused-ring (bicyclic) bond motifs is 1. The fraction of sp³-hybridized carbons (Fsp3) is 0.0833. The highest BCUT2D eigenvalue weighted by Gasteiger charge is 2.13. The van der Waals surface area contributed by atoms with Crippen LogP contribution in [0.25, 0.3) is 5.78 Å². The van der Waals surface area contributed by atoms with Gasteiger partial charge in [-0.15, -0.1) is 5.10 Å². The first kappa shape index (κ1) is 11.3. The molecular formula is C12H10N6O. The molecule has 7 nitrogen and oxygen atoms in total. The normalized spacial score (nSPS) is 10.6. The molecule has 3 rings (SSSR count). The molecule has 0 saturated heterocycles. The van der Waals surface area contributed by atoms with Gasteiger partial charge >= 0.3 is 0 Å². The molecule has 94 valence electrons. The maximum atomic E-state index is 12.0. The average molecular weight is 254 g/mol. The number of hydrogen-bond donors (Lipinski definition) is 1. The number of rotatable bonds is 2. The molecule has 0 aliphatic heterocycles. The number of pyridine rings is 1. The molecule has 0 aliphatic carbocycles. The molecule has 7 heteroatoms. The summed E-state index contributed by atoms with van der Waals surface area (Å²) in [4.78, 5) is 24.1. The zero-order chi connectivity index (χ0) is 13.2. The average Bonchev–Trinajstić information content (AvgIpc) is 2.82. The van der Waals surface area contributed by atoms with E-state index in [1.165, 1.54) is 4.52 Å². The third-order valence-electron chi connectivity index (χ3n) is 2.48. The van der Waals surface area contributed by atoms with Gasteiger partial charge in [0.05, 0.1) is 0 Å². The van der Waals surface area contributed by atoms with Crippen LogP contribution in [-0.2, 0) is 0 Å². The van der Waals surface area contributed by atoms with Crippen LogP contribution in [0.1, 0.15) is 16.2 Å². The topological polar surface area (TPSA) is 85.1 Å². The SMILES string of the molecule is Cc1ccnc(NC(=O)c2nc3ncccn3n2)c1. The van der Waals surface area contributed by atoms with Crippen LogP contribution in [-0.4, -0.2) is 30.5 Å². The van der Waals surface area contributed by atoms with Gasteiger partial charge in [0.1, 0.15) is 5.82 Å². The summed E-state index contributed by atoms with van der Waals surface area (Å²) < 4.78 is 1.44. The van der Waals surface area contributed by atoms with Crippen LogP contribution in [0, 0.1) is 6.92 Å². The van der Waals surface area contributed by atoms with Crippen LogP contribution in [0.4, 0.5) is 5.82 Å². The Labute approximate surface area is 108 Å². The van der Waals surface area contributed by atoms with Crippen molar-refractivity contribution in [3.8, 4) is 0 Å². The summed E-state index contributed by atoms with van der Waals surface area (Å²) in [6.45, 7) is 1.92. The Morgan fingerprint density at radius 2 is 2.21 bits per heavy atom. The van der Waals surface area contributed by atoms with E-state index in [1.807, 2.05) is 13.0 Å². The Bertz CT molecular complexity index is 718. The molecule has 0 atom stereocenters. The quantitative estimate of drug-likeness (QED) is 0.739. The van der Waals surface area contributed by atoms with Gasteiger partial charge < -0.3 is 5.32 Å². The maximum absolute atomic E-state index is 12.0. The van der Waals surface area contributed by atoms with Crippen LogP contribution in [0.3, 0.4) is 0 Å². The third-order valence-corrected chi connectivity index (χ3v) is 2.48. The second-order valence-corrected chi connectivity index (χ2v) is 3.97. The van der Waals surface area contributed by atoms with Crippen molar-refractivity contribution in [2.75, 3.05) is 5.32 Å². The predicted molar refractivity (Wildman–Crippen MR) is 67.7 cm³/mol. The molecule has 0 aromatic carbocycles. The third kappa shape index (κ3) is 2.25. The van der Waals surface area contributed by atoms with E-state index in [4.69, 9.17) is 0 Å². The molecule has 0 unspecified atom stereocenters. The molecule has 0 radical (unpaired) electrons. The van der Waals surface area contributed by atoms with Gasteiger partial charge in [0.25, 0.3) is 11.7 Å². The number of nitrogens with zero attached hydrogens (tertiary/aromatic N) is 5. The van der Waals surface area contributed by atoms with Gasteiger partial charge in [0.15, 0.2) is 0 Å². The predicted octanol–water partition coefficient (Wildman–Crippen LogP) is 1.08. The number of carbonyl (C=O) groups is 1. The summed E-state index contributed by atoms with van der Waals surface area (Å²) >= 11 is 0. The van der Waals surface area contributed by atoms with Gasteiger partial charge in [-0.1, -0.05) is 0 Å². The van der Waals surface area contributed by atoms with Crippen LogP contribution in [0.5, 0.6) is 0 Å². The lowest BCUT2D eigenvalue weighted by Crippen LogP contribution is -2.14. The molecule has 1 amide bonds. The Hall–Kier alpha value is -2.83. The van der Waals surface area contributed by atoms with Crippen molar-refractivity contribution in [2.45, 2.75) is 6.92 Å². The second kappa shape index (κ2) is 4.45. The molecule has 19 heavy (non-hydrogen) atoms. The standard InChI is InChI=1S/C12H10N6O/c1-8-3-5-13-9(7-8)15-11(19)10-16-12-14-4-2-6-18(12)17-10/h2-7H,1H3,(H,13,15,19). The van der Waals surface area contributed by atoms with Crippen LogP contribution >= 0.6 is 0 Å². The molecular weight excluding hydrogens is 244 g/mol. The molecule has 3 aromatic heterocycles. The van der Waals surface area contributed by atoms with Crippen molar-refractivity contribution >= 4 is 17.5 Å². The van der Waals surface area contributed by atoms with Gasteiger partial charge in [-0.3, -0.25) is 4.79 Å². The lowest BCUT2D eigenvalue weighted by molar-refractivity contribution is 0.101. The van der Waals surface area contributed by atoms with Crippen molar-refractivity contribution in [1.29, 1.82) is 0 Å². The zero-order valence-electron chi connectivity index (χ0n) is 10.1. The Balaban J connectivity index is 1.87. The van der Waals surface area contributed by atoms with Crippen molar-refractivity contribution in [3.05, 3.63) is 48.2 Å². The molecule has 1 N–H and O–H groups in total. The van der Waals surface area contributed by atoms with Gasteiger partial charge in [0.2, 0.25) is 5.82 Å². The van der Waals surface area contributed by atoms with Crippen molar-refractivity contribution in [3.63, 3.8) is 0 Å². The minimum Gasteiger partial charge on any atom is -0.304 e. The summed E-state index contributed by atoms with van der Waals surface area (Å²) in [5.74, 6) is 0.493. The minimum atomic E-state index is -0.413. The Morgan fingerprint density at radius 1 is 1.32 bits per heavy atom. The van der Waals surface area contributed by atoms with E-state index in [1.54, 1.807) is 30.7 Å². The molecule has 0 saturated carbocycles. The Kier molecular flexibility index (Phi) is 2.64. The number of carbonyl (C=O) groups excluding carboxylic acids is 1. The van der Waals surface area contributed by atoms with E-state index in [-0.39, 0.29) is 5.82 Å². The van der Waals surface area contributed by atoms with E-state index < -0.39 is 5.91 Å². The second-order valence-electron chi connectivity index (χ2n) is 3.97. The number of nitrogens with one attached hydrogen (secondary N) is 1. The van der Waals surface area contributed by atoms with E-state index >= 15 is 0 Å². The first-order valence-electron chi connectivity index (χ1n) is 5.64. The monoisotopic (exact) mass is 254 g/mol. The molecule has 3 aromatic rings. The van der Waals surface area contributed by atoms with Gasteiger partial charge in [-0.05, 0) is 30.7 Å². The smallest absolute Gasteiger partial charge is 0.296 e. The largest absolute Gasteiger partial charge is 0.304 e. The molecule has 3 heterocycles. The highest BCUT2D eigenvalue weighted by molar-refractivity contribution is 6.01. The zero-order valence-corrected chi connectivity index (χ0v) is 10.1. The number of amides is 1. The Morgan fingerprint density at radius 3 is 3.00 bits per heavy atom.